The highest BCUT2D eigenvalue weighted by Crippen LogP contribution is 2.05. The van der Waals surface area contributed by atoms with E-state index < -0.39 is 22.4 Å². The highest BCUT2D eigenvalue weighted by molar-refractivity contribution is 7.79. The van der Waals surface area contributed by atoms with Crippen LogP contribution in [0.15, 0.2) is 60.7 Å². The fraction of sp³-hybridized carbons (Fsp3) is 0.333. The molecule has 0 saturated carbocycles. The van der Waals surface area contributed by atoms with E-state index in [4.69, 9.17) is 17.6 Å². The van der Waals surface area contributed by atoms with Crippen LogP contribution in [0.2, 0.25) is 0 Å². The molecular weight excluding hydrogens is 376 g/mol. The molecule has 6 nitrogen and oxygen atoms in total. The van der Waals surface area contributed by atoms with Gasteiger partial charge in [0.25, 0.3) is 0 Å². The zero-order chi connectivity index (χ0) is 18.5. The predicted molar refractivity (Wildman–Crippen MR) is 99.9 cm³/mol. The molecule has 0 radical (unpaired) electrons. The van der Waals surface area contributed by atoms with Crippen LogP contribution in [0, 0.1) is 0 Å². The number of hydrogen-bond acceptors (Lipinski definition) is 6. The van der Waals surface area contributed by atoms with E-state index >= 15 is 0 Å². The van der Waals surface area contributed by atoms with Crippen LogP contribution in [-0.2, 0) is 52.4 Å². The average molecular weight is 399 g/mol. The molecule has 2 rings (SSSR count). The van der Waals surface area contributed by atoms with Crippen molar-refractivity contribution >= 4 is 22.4 Å². The largest absolute Gasteiger partial charge is 0.304 e. The molecule has 0 unspecified atom stereocenters. The fourth-order valence-electron chi connectivity index (χ4n) is 1.94. The molecule has 142 valence electrons. The summed E-state index contributed by atoms with van der Waals surface area (Å²) in [6.07, 6.45) is 1.24. The molecule has 0 saturated heterocycles. The Morgan fingerprint density at radius 2 is 1.35 bits per heavy atom. The fourth-order valence-corrected chi connectivity index (χ4v) is 3.18. The summed E-state index contributed by atoms with van der Waals surface area (Å²) in [5, 5.41) is 0. The Hall–Kier alpha value is -1.42. The Morgan fingerprint density at radius 3 is 2.04 bits per heavy atom. The predicted octanol–water partition coefficient (Wildman–Crippen LogP) is 3.39. The molecule has 0 aliphatic rings. The highest BCUT2D eigenvalue weighted by atomic mass is 32.2. The average Bonchev–Trinajstić information content (AvgIpc) is 2.67. The summed E-state index contributed by atoms with van der Waals surface area (Å²) in [4.78, 5) is 4.92. The van der Waals surface area contributed by atoms with E-state index in [0.717, 1.165) is 11.1 Å². The SMILES string of the molecule is O=[S@@](OCCCCOO[S@](=O)Cc1ccccc1)OCc1ccccc1. The van der Waals surface area contributed by atoms with Crippen molar-refractivity contribution in [2.75, 3.05) is 13.2 Å². The van der Waals surface area contributed by atoms with Gasteiger partial charge in [-0.15, -0.1) is 4.33 Å². The monoisotopic (exact) mass is 398 g/mol. The summed E-state index contributed by atoms with van der Waals surface area (Å²) in [6, 6.07) is 18.8. The van der Waals surface area contributed by atoms with Gasteiger partial charge in [-0.05, 0) is 24.0 Å². The molecule has 8 heteroatoms. The maximum Gasteiger partial charge on any atom is 0.304 e. The third-order valence-corrected chi connectivity index (χ3v) is 4.70. The lowest BCUT2D eigenvalue weighted by Crippen LogP contribution is -2.06. The van der Waals surface area contributed by atoms with Crippen molar-refractivity contribution in [3.63, 3.8) is 0 Å². The van der Waals surface area contributed by atoms with Gasteiger partial charge in [-0.2, -0.15) is 4.21 Å². The van der Waals surface area contributed by atoms with Gasteiger partial charge in [-0.1, -0.05) is 60.7 Å². The van der Waals surface area contributed by atoms with Crippen LogP contribution in [0.5, 0.6) is 0 Å². The summed E-state index contributed by atoms with van der Waals surface area (Å²) in [6.45, 7) is 0.789. The molecule has 0 N–H and O–H groups in total. The van der Waals surface area contributed by atoms with Gasteiger partial charge in [0.1, 0.15) is 0 Å². The molecule has 0 fully saturated rings. The Kier molecular flexibility index (Phi) is 10.3. The van der Waals surface area contributed by atoms with Crippen LogP contribution in [0.4, 0.5) is 0 Å². The Morgan fingerprint density at radius 1 is 0.731 bits per heavy atom. The first-order valence-electron chi connectivity index (χ1n) is 8.18. The molecule has 0 aliphatic carbocycles. The van der Waals surface area contributed by atoms with E-state index in [9.17, 15) is 8.42 Å². The van der Waals surface area contributed by atoms with E-state index in [-0.39, 0.29) is 25.6 Å². The van der Waals surface area contributed by atoms with Crippen molar-refractivity contribution in [1.29, 1.82) is 0 Å². The van der Waals surface area contributed by atoms with Crippen molar-refractivity contribution in [1.82, 2.24) is 0 Å². The van der Waals surface area contributed by atoms with Crippen LogP contribution in [0.3, 0.4) is 0 Å². The van der Waals surface area contributed by atoms with Gasteiger partial charge in [0.15, 0.2) is 11.1 Å². The molecule has 0 bridgehead atoms. The standard InChI is InChI=1S/C18H22O6S2/c19-25(16-18-11-5-2-6-12-18)24-21-13-7-8-14-22-26(20)23-15-17-9-3-1-4-10-17/h1-6,9-12H,7-8,13-16H2/t25-,26-/m0/s1. The molecule has 26 heavy (non-hydrogen) atoms. The van der Waals surface area contributed by atoms with Gasteiger partial charge in [0, 0.05) is 0 Å². The van der Waals surface area contributed by atoms with Crippen LogP contribution in [-0.4, -0.2) is 21.6 Å². The van der Waals surface area contributed by atoms with E-state index in [0.29, 0.717) is 12.8 Å². The number of hydrogen-bond donors (Lipinski definition) is 0. The second kappa shape index (κ2) is 12.9. The van der Waals surface area contributed by atoms with Gasteiger partial charge >= 0.3 is 11.4 Å². The first kappa shape index (κ1) is 20.9. The molecule has 0 amide bonds. The molecule has 0 aromatic heterocycles. The first-order valence-corrected chi connectivity index (χ1v) is 10.4. The van der Waals surface area contributed by atoms with Crippen molar-refractivity contribution < 1.29 is 26.0 Å². The number of rotatable bonds is 13. The van der Waals surface area contributed by atoms with E-state index in [1.54, 1.807) is 0 Å². The smallest absolute Gasteiger partial charge is 0.268 e. The third-order valence-electron chi connectivity index (χ3n) is 3.22. The second-order valence-corrected chi connectivity index (χ2v) is 7.22. The quantitative estimate of drug-likeness (QED) is 0.293. The summed E-state index contributed by atoms with van der Waals surface area (Å²) < 4.78 is 38.2. The van der Waals surface area contributed by atoms with Crippen molar-refractivity contribution in [3.05, 3.63) is 71.8 Å². The molecule has 0 aliphatic heterocycles. The summed E-state index contributed by atoms with van der Waals surface area (Å²) in [5.74, 6) is 0.279. The molecule has 0 spiro atoms. The van der Waals surface area contributed by atoms with Crippen molar-refractivity contribution in [2.24, 2.45) is 0 Å². The minimum Gasteiger partial charge on any atom is -0.268 e. The lowest BCUT2D eigenvalue weighted by atomic mass is 10.2. The van der Waals surface area contributed by atoms with Crippen LogP contribution >= 0.6 is 0 Å². The van der Waals surface area contributed by atoms with Gasteiger partial charge in [0.05, 0.1) is 25.6 Å². The van der Waals surface area contributed by atoms with Crippen LogP contribution in [0.25, 0.3) is 0 Å². The van der Waals surface area contributed by atoms with Crippen LogP contribution in [0.1, 0.15) is 24.0 Å². The van der Waals surface area contributed by atoms with Gasteiger partial charge in [-0.25, -0.2) is 9.10 Å². The molecule has 2 aromatic rings. The molecular formula is C18H22O6S2. The molecule has 2 atom stereocenters. The minimum absolute atomic E-state index is 0.234. The minimum atomic E-state index is -1.78. The van der Waals surface area contributed by atoms with Crippen LogP contribution < -0.4 is 0 Å². The maximum atomic E-state index is 11.7. The zero-order valence-electron chi connectivity index (χ0n) is 14.3. The van der Waals surface area contributed by atoms with E-state index in [2.05, 4.69) is 0 Å². The maximum absolute atomic E-state index is 11.7. The van der Waals surface area contributed by atoms with Crippen molar-refractivity contribution in [3.8, 4) is 0 Å². The Bertz CT molecular complexity index is 666. The van der Waals surface area contributed by atoms with Gasteiger partial charge < -0.3 is 0 Å². The normalized spacial score (nSPS) is 13.4. The van der Waals surface area contributed by atoms with E-state index in [1.807, 2.05) is 60.7 Å². The first-order chi connectivity index (χ1) is 12.7. The highest BCUT2D eigenvalue weighted by Gasteiger charge is 2.04. The van der Waals surface area contributed by atoms with Gasteiger partial charge in [-0.3, -0.25) is 8.37 Å². The van der Waals surface area contributed by atoms with Gasteiger partial charge in [0.2, 0.25) is 0 Å². The third kappa shape index (κ3) is 9.33. The van der Waals surface area contributed by atoms with Crippen molar-refractivity contribution in [2.45, 2.75) is 25.2 Å². The topological polar surface area (TPSA) is 71.1 Å². The lowest BCUT2D eigenvalue weighted by molar-refractivity contribution is -0.197. The summed E-state index contributed by atoms with van der Waals surface area (Å²) >= 11 is -3.31. The van der Waals surface area contributed by atoms with E-state index in [1.165, 1.54) is 0 Å². The number of unbranched alkanes of at least 4 members (excludes halogenated alkanes) is 1. The Balaban J connectivity index is 1.44. The Labute approximate surface area is 158 Å². The zero-order valence-corrected chi connectivity index (χ0v) is 15.9. The molecule has 0 heterocycles. The number of benzene rings is 2. The summed E-state index contributed by atoms with van der Waals surface area (Å²) in [5.41, 5.74) is 1.85. The molecule has 2 aromatic carbocycles. The summed E-state index contributed by atoms with van der Waals surface area (Å²) in [7, 11) is 0. The lowest BCUT2D eigenvalue weighted by Gasteiger charge is -2.05. The second-order valence-electron chi connectivity index (χ2n) is 5.30.